The second-order valence-corrected chi connectivity index (χ2v) is 8.00. The number of aromatic amines is 1. The number of nitrogens with two attached hydrogens (primary N) is 1. The summed E-state index contributed by atoms with van der Waals surface area (Å²) in [4.78, 5) is 0. The molecule has 0 bridgehead atoms. The van der Waals surface area contributed by atoms with Crippen LogP contribution < -0.4 is 5.73 Å². The maximum Gasteiger partial charge on any atom is 0.152 e. The van der Waals surface area contributed by atoms with Crippen LogP contribution >= 0.6 is 0 Å². The summed E-state index contributed by atoms with van der Waals surface area (Å²) in [5.41, 5.74) is 8.74. The first-order chi connectivity index (χ1) is 9.89. The van der Waals surface area contributed by atoms with Gasteiger partial charge >= 0.3 is 0 Å². The smallest absolute Gasteiger partial charge is 0.152 e. The SMILES string of the molecule is CC(C)c1c(-c2ccn[nH]2)nn(C2CCS(=O)(=O)C2)c1N. The van der Waals surface area contributed by atoms with Crippen LogP contribution in [0.4, 0.5) is 5.82 Å². The maximum atomic E-state index is 11.7. The van der Waals surface area contributed by atoms with Crippen molar-refractivity contribution < 1.29 is 8.42 Å². The van der Waals surface area contributed by atoms with Gasteiger partial charge in [-0.3, -0.25) is 5.10 Å². The summed E-state index contributed by atoms with van der Waals surface area (Å²) in [7, 11) is -2.97. The van der Waals surface area contributed by atoms with Crippen LogP contribution in [0.25, 0.3) is 11.4 Å². The van der Waals surface area contributed by atoms with Gasteiger partial charge in [0.25, 0.3) is 0 Å². The number of hydrogen-bond donors (Lipinski definition) is 2. The predicted octanol–water partition coefficient (Wildman–Crippen LogP) is 1.34. The molecule has 21 heavy (non-hydrogen) atoms. The number of aromatic nitrogens is 4. The van der Waals surface area contributed by atoms with E-state index in [-0.39, 0.29) is 23.5 Å². The van der Waals surface area contributed by atoms with Crippen molar-refractivity contribution in [1.29, 1.82) is 0 Å². The summed E-state index contributed by atoms with van der Waals surface area (Å²) >= 11 is 0. The molecule has 1 unspecified atom stereocenters. The van der Waals surface area contributed by atoms with Crippen LogP contribution in [-0.4, -0.2) is 39.9 Å². The summed E-state index contributed by atoms with van der Waals surface area (Å²) in [6, 6.07) is 1.66. The molecule has 114 valence electrons. The van der Waals surface area contributed by atoms with Gasteiger partial charge in [-0.1, -0.05) is 13.8 Å². The normalized spacial score (nSPS) is 21.2. The summed E-state index contributed by atoms with van der Waals surface area (Å²) in [5, 5.41) is 11.4. The first-order valence-corrected chi connectivity index (χ1v) is 8.79. The predicted molar refractivity (Wildman–Crippen MR) is 80.6 cm³/mol. The molecule has 3 rings (SSSR count). The summed E-state index contributed by atoms with van der Waals surface area (Å²) in [6.07, 6.45) is 2.23. The minimum absolute atomic E-state index is 0.110. The third kappa shape index (κ3) is 2.44. The zero-order chi connectivity index (χ0) is 15.2. The van der Waals surface area contributed by atoms with Gasteiger partial charge in [0.2, 0.25) is 0 Å². The molecule has 1 fully saturated rings. The van der Waals surface area contributed by atoms with Crippen molar-refractivity contribution in [3.8, 4) is 11.4 Å². The van der Waals surface area contributed by atoms with Crippen molar-refractivity contribution in [3.63, 3.8) is 0 Å². The average molecular weight is 309 g/mol. The molecule has 2 aromatic rings. The highest BCUT2D eigenvalue weighted by molar-refractivity contribution is 7.91. The van der Waals surface area contributed by atoms with E-state index in [9.17, 15) is 8.42 Å². The Labute approximate surface area is 123 Å². The minimum atomic E-state index is -2.97. The van der Waals surface area contributed by atoms with E-state index in [4.69, 9.17) is 5.73 Å². The van der Waals surface area contributed by atoms with Gasteiger partial charge in [-0.05, 0) is 18.4 Å². The molecular formula is C13H19N5O2S. The molecule has 1 atom stereocenters. The zero-order valence-corrected chi connectivity index (χ0v) is 12.9. The zero-order valence-electron chi connectivity index (χ0n) is 12.1. The molecule has 7 nitrogen and oxygen atoms in total. The van der Waals surface area contributed by atoms with Gasteiger partial charge in [-0.2, -0.15) is 10.2 Å². The Morgan fingerprint density at radius 2 is 2.24 bits per heavy atom. The van der Waals surface area contributed by atoms with Crippen LogP contribution in [0, 0.1) is 0 Å². The van der Waals surface area contributed by atoms with Gasteiger partial charge < -0.3 is 5.73 Å². The Morgan fingerprint density at radius 1 is 1.48 bits per heavy atom. The fraction of sp³-hybridized carbons (Fsp3) is 0.538. The highest BCUT2D eigenvalue weighted by Crippen LogP contribution is 2.35. The quantitative estimate of drug-likeness (QED) is 0.889. The number of nitrogen functional groups attached to an aromatic ring is 1. The number of nitrogens with zero attached hydrogens (tertiary/aromatic N) is 3. The maximum absolute atomic E-state index is 11.7. The van der Waals surface area contributed by atoms with Gasteiger partial charge in [0, 0.05) is 11.8 Å². The van der Waals surface area contributed by atoms with Crippen LogP contribution in [0.1, 0.15) is 37.8 Å². The van der Waals surface area contributed by atoms with E-state index in [1.54, 1.807) is 10.9 Å². The van der Waals surface area contributed by atoms with Crippen molar-refractivity contribution in [3.05, 3.63) is 17.8 Å². The Morgan fingerprint density at radius 3 is 2.76 bits per heavy atom. The van der Waals surface area contributed by atoms with Gasteiger partial charge in [0.15, 0.2) is 9.84 Å². The standard InChI is InChI=1S/C13H19N5O2S/c1-8(2)11-12(10-3-5-15-16-10)17-18(13(11)14)9-4-6-21(19,20)7-9/h3,5,8-9H,4,6-7,14H2,1-2H3,(H,15,16). The monoisotopic (exact) mass is 309 g/mol. The van der Waals surface area contributed by atoms with Crippen LogP contribution in [0.2, 0.25) is 0 Å². The van der Waals surface area contributed by atoms with E-state index in [1.807, 2.05) is 19.9 Å². The highest BCUT2D eigenvalue weighted by Gasteiger charge is 2.33. The first kappa shape index (κ1) is 14.1. The minimum Gasteiger partial charge on any atom is -0.384 e. The lowest BCUT2D eigenvalue weighted by Crippen LogP contribution is -2.15. The Hall–Kier alpha value is -1.83. The molecule has 0 spiro atoms. The summed E-state index contributed by atoms with van der Waals surface area (Å²) in [5.74, 6) is 1.05. The molecule has 0 saturated carbocycles. The van der Waals surface area contributed by atoms with Gasteiger partial charge in [-0.15, -0.1) is 0 Å². The largest absolute Gasteiger partial charge is 0.384 e. The van der Waals surface area contributed by atoms with Crippen molar-refractivity contribution in [2.45, 2.75) is 32.2 Å². The Kier molecular flexibility index (Phi) is 3.27. The van der Waals surface area contributed by atoms with Crippen LogP contribution in [-0.2, 0) is 9.84 Å². The molecule has 1 aliphatic heterocycles. The Bertz CT molecular complexity index is 746. The molecule has 0 aromatic carbocycles. The van der Waals surface area contributed by atoms with Crippen molar-refractivity contribution >= 4 is 15.7 Å². The topological polar surface area (TPSA) is 107 Å². The molecule has 0 aliphatic carbocycles. The number of rotatable bonds is 3. The second-order valence-electron chi connectivity index (χ2n) is 5.77. The molecule has 3 N–H and O–H groups in total. The fourth-order valence-corrected chi connectivity index (χ4v) is 4.55. The molecule has 2 aromatic heterocycles. The molecule has 1 aliphatic rings. The number of nitrogens with one attached hydrogen (secondary N) is 1. The lowest BCUT2D eigenvalue weighted by molar-refractivity contribution is 0.507. The van der Waals surface area contributed by atoms with E-state index in [0.29, 0.717) is 12.2 Å². The average Bonchev–Trinajstić information content (AvgIpc) is 3.07. The van der Waals surface area contributed by atoms with E-state index >= 15 is 0 Å². The molecule has 0 radical (unpaired) electrons. The number of hydrogen-bond acceptors (Lipinski definition) is 5. The molecule has 8 heteroatoms. The van der Waals surface area contributed by atoms with E-state index in [0.717, 1.165) is 17.0 Å². The summed E-state index contributed by atoms with van der Waals surface area (Å²) < 4.78 is 25.0. The van der Waals surface area contributed by atoms with E-state index in [2.05, 4.69) is 15.3 Å². The van der Waals surface area contributed by atoms with Crippen LogP contribution in [0.15, 0.2) is 12.3 Å². The highest BCUT2D eigenvalue weighted by atomic mass is 32.2. The van der Waals surface area contributed by atoms with Crippen molar-refractivity contribution in [2.24, 2.45) is 0 Å². The molecule has 0 amide bonds. The van der Waals surface area contributed by atoms with E-state index < -0.39 is 9.84 Å². The van der Waals surface area contributed by atoms with Gasteiger partial charge in [-0.25, -0.2) is 13.1 Å². The lowest BCUT2D eigenvalue weighted by Gasteiger charge is -2.11. The molecular weight excluding hydrogens is 290 g/mol. The van der Waals surface area contributed by atoms with Crippen molar-refractivity contribution in [2.75, 3.05) is 17.2 Å². The lowest BCUT2D eigenvalue weighted by atomic mass is 10.0. The molecule has 3 heterocycles. The number of anilines is 1. The third-order valence-corrected chi connectivity index (χ3v) is 5.62. The van der Waals surface area contributed by atoms with Crippen LogP contribution in [0.5, 0.6) is 0 Å². The van der Waals surface area contributed by atoms with Gasteiger partial charge in [0.05, 0.1) is 23.2 Å². The second kappa shape index (κ2) is 4.87. The number of H-pyrrole nitrogens is 1. The number of sulfone groups is 1. The van der Waals surface area contributed by atoms with Gasteiger partial charge in [0.1, 0.15) is 11.5 Å². The van der Waals surface area contributed by atoms with Crippen LogP contribution in [0.3, 0.4) is 0 Å². The third-order valence-electron chi connectivity index (χ3n) is 3.87. The van der Waals surface area contributed by atoms with E-state index in [1.165, 1.54) is 0 Å². The Balaban J connectivity index is 2.09. The summed E-state index contributed by atoms with van der Waals surface area (Å²) in [6.45, 7) is 4.09. The molecule has 1 saturated heterocycles. The first-order valence-electron chi connectivity index (χ1n) is 6.97. The fourth-order valence-electron chi connectivity index (χ4n) is 2.86. The van der Waals surface area contributed by atoms with Crippen molar-refractivity contribution in [1.82, 2.24) is 20.0 Å².